The minimum atomic E-state index is -0.107. The summed E-state index contributed by atoms with van der Waals surface area (Å²) in [6.45, 7) is 9.96. The van der Waals surface area contributed by atoms with E-state index in [4.69, 9.17) is 9.47 Å². The third kappa shape index (κ3) is 5.57. The Bertz CT molecular complexity index is 800. The highest BCUT2D eigenvalue weighted by Gasteiger charge is 2.23. The number of hydrogen-bond acceptors (Lipinski definition) is 4. The monoisotopic (exact) mass is 382 g/mol. The van der Waals surface area contributed by atoms with E-state index < -0.39 is 0 Å². The second kappa shape index (κ2) is 9.71. The lowest BCUT2D eigenvalue weighted by Crippen LogP contribution is -2.44. The lowest BCUT2D eigenvalue weighted by Gasteiger charge is -2.35. The van der Waals surface area contributed by atoms with Crippen molar-refractivity contribution in [1.29, 1.82) is 0 Å². The first-order valence-corrected chi connectivity index (χ1v) is 9.88. The summed E-state index contributed by atoms with van der Waals surface area (Å²) in [6, 6.07) is 14.5. The van der Waals surface area contributed by atoms with Gasteiger partial charge in [0.05, 0.1) is 19.3 Å². The Kier molecular flexibility index (Phi) is 7.06. The largest absolute Gasteiger partial charge is 0.484 e. The number of aryl methyl sites for hydroxylation is 3. The van der Waals surface area contributed by atoms with Gasteiger partial charge in [0.15, 0.2) is 6.61 Å². The molecule has 0 radical (unpaired) electrons. The van der Waals surface area contributed by atoms with Crippen molar-refractivity contribution >= 4 is 5.91 Å². The first-order valence-electron chi connectivity index (χ1n) is 9.88. The van der Waals surface area contributed by atoms with Crippen molar-refractivity contribution in [2.24, 2.45) is 0 Å². The molecule has 2 aromatic rings. The zero-order valence-electron chi connectivity index (χ0n) is 17.0. The second-order valence-corrected chi connectivity index (χ2v) is 7.42. The number of rotatable bonds is 7. The van der Waals surface area contributed by atoms with Crippen LogP contribution in [0.1, 0.15) is 28.3 Å². The Morgan fingerprint density at radius 3 is 2.61 bits per heavy atom. The lowest BCUT2D eigenvalue weighted by molar-refractivity contribution is -0.123. The van der Waals surface area contributed by atoms with Gasteiger partial charge in [-0.05, 0) is 49.6 Å². The maximum Gasteiger partial charge on any atom is 0.258 e. The van der Waals surface area contributed by atoms with Crippen LogP contribution in [0.3, 0.4) is 0 Å². The molecule has 28 heavy (non-hydrogen) atoms. The minimum Gasteiger partial charge on any atom is -0.484 e. The topological polar surface area (TPSA) is 50.8 Å². The first-order chi connectivity index (χ1) is 13.5. The van der Waals surface area contributed by atoms with E-state index in [0.29, 0.717) is 6.54 Å². The van der Waals surface area contributed by atoms with E-state index in [9.17, 15) is 4.79 Å². The standard InChI is InChI=1S/C23H30N2O3/c1-17-5-4-6-20(13-17)22(25-9-11-27-12-10-25)15-24-23(26)16-28-21-8-7-18(2)19(3)14-21/h4-8,13-14,22H,9-12,15-16H2,1-3H3,(H,24,26). The van der Waals surface area contributed by atoms with E-state index in [1.54, 1.807) is 0 Å². The van der Waals surface area contributed by atoms with Gasteiger partial charge in [-0.15, -0.1) is 0 Å². The van der Waals surface area contributed by atoms with E-state index in [0.717, 1.165) is 37.6 Å². The van der Waals surface area contributed by atoms with Gasteiger partial charge in [0.1, 0.15) is 5.75 Å². The lowest BCUT2D eigenvalue weighted by atomic mass is 10.0. The van der Waals surface area contributed by atoms with Gasteiger partial charge in [0.2, 0.25) is 0 Å². The summed E-state index contributed by atoms with van der Waals surface area (Å²) in [5, 5.41) is 3.05. The van der Waals surface area contributed by atoms with Crippen LogP contribution in [0.15, 0.2) is 42.5 Å². The molecule has 0 saturated carbocycles. The Morgan fingerprint density at radius 2 is 1.89 bits per heavy atom. The number of nitrogens with zero attached hydrogens (tertiary/aromatic N) is 1. The minimum absolute atomic E-state index is 0.0200. The number of morpholine rings is 1. The maximum atomic E-state index is 12.4. The fourth-order valence-corrected chi connectivity index (χ4v) is 3.44. The Hall–Kier alpha value is -2.37. The van der Waals surface area contributed by atoms with E-state index in [1.165, 1.54) is 16.7 Å². The number of carbonyl (C=O) groups excluding carboxylic acids is 1. The molecule has 1 amide bonds. The predicted molar refractivity (Wildman–Crippen MR) is 111 cm³/mol. The van der Waals surface area contributed by atoms with Crippen molar-refractivity contribution in [2.75, 3.05) is 39.5 Å². The van der Waals surface area contributed by atoms with Crippen molar-refractivity contribution in [3.05, 3.63) is 64.7 Å². The highest BCUT2D eigenvalue weighted by molar-refractivity contribution is 5.77. The molecular formula is C23H30N2O3. The van der Waals surface area contributed by atoms with Crippen molar-refractivity contribution in [3.8, 4) is 5.75 Å². The number of ether oxygens (including phenoxy) is 2. The van der Waals surface area contributed by atoms with Gasteiger partial charge in [-0.2, -0.15) is 0 Å². The van der Waals surface area contributed by atoms with Gasteiger partial charge in [-0.1, -0.05) is 35.9 Å². The van der Waals surface area contributed by atoms with Crippen LogP contribution in [0, 0.1) is 20.8 Å². The van der Waals surface area contributed by atoms with Gasteiger partial charge in [-0.25, -0.2) is 0 Å². The molecule has 1 fully saturated rings. The molecule has 0 bridgehead atoms. The molecule has 5 heteroatoms. The predicted octanol–water partition coefficient (Wildman–Crippen LogP) is 3.18. The molecule has 0 aliphatic carbocycles. The van der Waals surface area contributed by atoms with Gasteiger partial charge in [0, 0.05) is 19.6 Å². The summed E-state index contributed by atoms with van der Waals surface area (Å²) in [7, 11) is 0. The molecule has 0 aromatic heterocycles. The third-order valence-electron chi connectivity index (χ3n) is 5.25. The van der Waals surface area contributed by atoms with E-state index in [-0.39, 0.29) is 18.6 Å². The van der Waals surface area contributed by atoms with Crippen LogP contribution in [0.2, 0.25) is 0 Å². The van der Waals surface area contributed by atoms with Crippen molar-refractivity contribution < 1.29 is 14.3 Å². The molecule has 1 heterocycles. The number of carbonyl (C=O) groups is 1. The first kappa shape index (κ1) is 20.4. The van der Waals surface area contributed by atoms with Crippen LogP contribution in [0.4, 0.5) is 0 Å². The molecule has 150 valence electrons. The highest BCUT2D eigenvalue weighted by atomic mass is 16.5. The van der Waals surface area contributed by atoms with Crippen LogP contribution in [0.25, 0.3) is 0 Å². The molecule has 1 atom stereocenters. The number of benzene rings is 2. The normalized spacial score (nSPS) is 15.8. The number of amides is 1. The van der Waals surface area contributed by atoms with Crippen LogP contribution in [0.5, 0.6) is 5.75 Å². The molecule has 3 rings (SSSR count). The smallest absolute Gasteiger partial charge is 0.258 e. The average molecular weight is 383 g/mol. The molecule has 0 spiro atoms. The molecule has 1 aliphatic heterocycles. The maximum absolute atomic E-state index is 12.4. The van der Waals surface area contributed by atoms with Crippen LogP contribution in [-0.4, -0.2) is 50.3 Å². The van der Waals surface area contributed by atoms with Crippen LogP contribution in [-0.2, 0) is 9.53 Å². The summed E-state index contributed by atoms with van der Waals surface area (Å²) in [5.74, 6) is 0.616. The van der Waals surface area contributed by atoms with Crippen LogP contribution >= 0.6 is 0 Å². The Morgan fingerprint density at radius 1 is 1.11 bits per heavy atom. The Labute approximate surface area is 167 Å². The molecule has 1 N–H and O–H groups in total. The average Bonchev–Trinajstić information content (AvgIpc) is 2.70. The second-order valence-electron chi connectivity index (χ2n) is 7.42. The number of nitrogens with one attached hydrogen (secondary N) is 1. The van der Waals surface area contributed by atoms with Gasteiger partial charge < -0.3 is 14.8 Å². The van der Waals surface area contributed by atoms with E-state index in [1.807, 2.05) is 25.1 Å². The van der Waals surface area contributed by atoms with E-state index in [2.05, 4.69) is 48.3 Å². The zero-order chi connectivity index (χ0) is 19.9. The van der Waals surface area contributed by atoms with Crippen molar-refractivity contribution in [3.63, 3.8) is 0 Å². The Balaban J connectivity index is 1.59. The summed E-state index contributed by atoms with van der Waals surface area (Å²) >= 11 is 0. The van der Waals surface area contributed by atoms with Gasteiger partial charge in [-0.3, -0.25) is 9.69 Å². The van der Waals surface area contributed by atoms with E-state index >= 15 is 0 Å². The van der Waals surface area contributed by atoms with Crippen LogP contribution < -0.4 is 10.1 Å². The van der Waals surface area contributed by atoms with Crippen molar-refractivity contribution in [1.82, 2.24) is 10.2 Å². The fraction of sp³-hybridized carbons (Fsp3) is 0.435. The molecular weight excluding hydrogens is 352 g/mol. The zero-order valence-corrected chi connectivity index (χ0v) is 17.0. The highest BCUT2D eigenvalue weighted by Crippen LogP contribution is 2.22. The quantitative estimate of drug-likeness (QED) is 0.799. The number of hydrogen-bond donors (Lipinski definition) is 1. The molecule has 1 aliphatic rings. The summed E-state index contributed by atoms with van der Waals surface area (Å²) in [4.78, 5) is 14.8. The molecule has 1 unspecified atom stereocenters. The van der Waals surface area contributed by atoms with Gasteiger partial charge >= 0.3 is 0 Å². The third-order valence-corrected chi connectivity index (χ3v) is 5.25. The summed E-state index contributed by atoms with van der Waals surface area (Å²) < 4.78 is 11.2. The summed E-state index contributed by atoms with van der Waals surface area (Å²) in [5.41, 5.74) is 4.81. The van der Waals surface area contributed by atoms with Gasteiger partial charge in [0.25, 0.3) is 5.91 Å². The molecule has 2 aromatic carbocycles. The molecule has 1 saturated heterocycles. The van der Waals surface area contributed by atoms with Crippen molar-refractivity contribution in [2.45, 2.75) is 26.8 Å². The SMILES string of the molecule is Cc1cccc(C(CNC(=O)COc2ccc(C)c(C)c2)N2CCOCC2)c1. The summed E-state index contributed by atoms with van der Waals surface area (Å²) in [6.07, 6.45) is 0. The fourth-order valence-electron chi connectivity index (χ4n) is 3.44. The molecule has 5 nitrogen and oxygen atoms in total.